The number of halogens is 1. The van der Waals surface area contributed by atoms with E-state index in [-0.39, 0.29) is 11.0 Å². The number of fused-ring (bicyclic) bond motifs is 1. The topological polar surface area (TPSA) is 42.7 Å². The fourth-order valence-electron chi connectivity index (χ4n) is 3.07. The van der Waals surface area contributed by atoms with Gasteiger partial charge in [0.2, 0.25) is 0 Å². The molecule has 0 aliphatic heterocycles. The molecular weight excluding hydrogens is 406 g/mol. The van der Waals surface area contributed by atoms with E-state index in [2.05, 4.69) is 47.7 Å². The lowest BCUT2D eigenvalue weighted by Gasteiger charge is -2.24. The van der Waals surface area contributed by atoms with Crippen LogP contribution in [0, 0.1) is 0 Å². The number of methoxy groups -OCH3 is 1. The fourth-order valence-corrected chi connectivity index (χ4v) is 3.44. The van der Waals surface area contributed by atoms with E-state index < -0.39 is 0 Å². The first-order chi connectivity index (χ1) is 12.7. The van der Waals surface area contributed by atoms with Crippen molar-refractivity contribution >= 4 is 32.6 Å². The highest BCUT2D eigenvalue weighted by Crippen LogP contribution is 2.32. The molecule has 0 bridgehead atoms. The average molecular weight is 430 g/mol. The molecule has 0 radical (unpaired) electrons. The molecule has 0 saturated carbocycles. The molecule has 0 fully saturated rings. The van der Waals surface area contributed by atoms with E-state index in [1.165, 1.54) is 5.56 Å². The van der Waals surface area contributed by atoms with Crippen molar-refractivity contribution in [3.63, 3.8) is 0 Å². The van der Waals surface area contributed by atoms with Gasteiger partial charge in [-0.3, -0.25) is 0 Å². The average Bonchev–Trinajstić information content (AvgIpc) is 2.61. The Kier molecular flexibility index (Phi) is 5.33. The van der Waals surface area contributed by atoms with Crippen LogP contribution in [0.2, 0.25) is 0 Å². The van der Waals surface area contributed by atoms with Gasteiger partial charge in [0.1, 0.15) is 11.3 Å². The first kappa shape index (κ1) is 19.5. The number of nitrogens with zero attached hydrogens (tertiary/aromatic N) is 1. The van der Waals surface area contributed by atoms with Crippen LogP contribution in [-0.2, 0) is 12.0 Å². The van der Waals surface area contributed by atoms with E-state index in [1.54, 1.807) is 13.2 Å². The number of benzene rings is 2. The molecule has 0 aliphatic carbocycles. The van der Waals surface area contributed by atoms with Gasteiger partial charge in [0.05, 0.1) is 12.8 Å². The van der Waals surface area contributed by atoms with E-state index in [0.29, 0.717) is 12.1 Å². The predicted molar refractivity (Wildman–Crippen MR) is 114 cm³/mol. The molecule has 1 aromatic heterocycles. The number of hydrogen-bond donors (Lipinski definition) is 0. The summed E-state index contributed by atoms with van der Waals surface area (Å²) in [5.74, 6) is 0.800. The zero-order valence-electron chi connectivity index (χ0n) is 16.3. The number of rotatable bonds is 4. The van der Waals surface area contributed by atoms with Crippen LogP contribution < -0.4 is 15.3 Å². The minimum Gasteiger partial charge on any atom is -0.497 e. The summed E-state index contributed by atoms with van der Waals surface area (Å²) in [4.78, 5) is 14.1. The van der Waals surface area contributed by atoms with Crippen LogP contribution in [0.4, 0.5) is 5.69 Å². The first-order valence-corrected chi connectivity index (χ1v) is 9.60. The first-order valence-electron chi connectivity index (χ1n) is 8.81. The molecular formula is C22H24BrNO3. The smallest absolute Gasteiger partial charge is 0.338 e. The molecule has 4 nitrogen and oxygen atoms in total. The fraction of sp³-hybridized carbons (Fsp3) is 0.318. The summed E-state index contributed by atoms with van der Waals surface area (Å²) >= 11 is 3.60. The van der Waals surface area contributed by atoms with Gasteiger partial charge in [-0.25, -0.2) is 4.79 Å². The third kappa shape index (κ3) is 4.19. The van der Waals surface area contributed by atoms with Crippen molar-refractivity contribution < 1.29 is 9.15 Å². The number of hydrogen-bond acceptors (Lipinski definition) is 4. The second-order valence-corrected chi connectivity index (χ2v) is 8.58. The zero-order chi connectivity index (χ0) is 19.8. The second kappa shape index (κ2) is 7.39. The SMILES string of the molecule is COc1ccc(Br)c(CN(C)c2cc(=O)oc3ccc(C(C)(C)C)cc23)c1. The molecule has 2 aromatic carbocycles. The van der Waals surface area contributed by atoms with Gasteiger partial charge >= 0.3 is 5.63 Å². The van der Waals surface area contributed by atoms with Gasteiger partial charge in [-0.2, -0.15) is 0 Å². The minimum atomic E-state index is -0.349. The van der Waals surface area contributed by atoms with Crippen molar-refractivity contribution in [1.82, 2.24) is 0 Å². The van der Waals surface area contributed by atoms with Gasteiger partial charge in [-0.05, 0) is 46.9 Å². The van der Waals surface area contributed by atoms with E-state index in [9.17, 15) is 4.79 Å². The molecule has 1 heterocycles. The van der Waals surface area contributed by atoms with Gasteiger partial charge in [0.25, 0.3) is 0 Å². The standard InChI is InChI=1S/C22H24BrNO3/c1-22(2,3)15-6-9-20-17(11-15)19(12-21(25)27-20)24(4)13-14-10-16(26-5)7-8-18(14)23/h6-12H,13H2,1-5H3. The van der Waals surface area contributed by atoms with Crippen LogP contribution in [0.25, 0.3) is 11.0 Å². The number of anilines is 1. The minimum absolute atomic E-state index is 0.00991. The molecule has 0 saturated heterocycles. The van der Waals surface area contributed by atoms with E-state index in [1.807, 2.05) is 37.4 Å². The summed E-state index contributed by atoms with van der Waals surface area (Å²) in [5.41, 5.74) is 3.38. The largest absolute Gasteiger partial charge is 0.497 e. The molecule has 27 heavy (non-hydrogen) atoms. The molecule has 3 rings (SSSR count). The lowest BCUT2D eigenvalue weighted by molar-refractivity contribution is 0.414. The Hall–Kier alpha value is -2.27. The maximum atomic E-state index is 12.1. The highest BCUT2D eigenvalue weighted by atomic mass is 79.9. The Bertz CT molecular complexity index is 1030. The third-order valence-electron chi connectivity index (χ3n) is 4.66. The maximum absolute atomic E-state index is 12.1. The number of ether oxygens (including phenoxy) is 1. The van der Waals surface area contributed by atoms with Crippen LogP contribution in [0.5, 0.6) is 5.75 Å². The summed E-state index contributed by atoms with van der Waals surface area (Å²) in [7, 11) is 3.63. The normalized spacial score (nSPS) is 11.6. The quantitative estimate of drug-likeness (QED) is 0.513. The van der Waals surface area contributed by atoms with Gasteiger partial charge in [-0.15, -0.1) is 0 Å². The van der Waals surface area contributed by atoms with Gasteiger partial charge < -0.3 is 14.1 Å². The summed E-state index contributed by atoms with van der Waals surface area (Å²) in [6.45, 7) is 7.13. The maximum Gasteiger partial charge on any atom is 0.338 e. The molecule has 0 amide bonds. The van der Waals surface area contributed by atoms with Gasteiger partial charge in [0, 0.05) is 29.5 Å². The van der Waals surface area contributed by atoms with Crippen molar-refractivity contribution in [3.8, 4) is 5.75 Å². The van der Waals surface area contributed by atoms with Gasteiger partial charge in [-0.1, -0.05) is 42.8 Å². The molecule has 0 unspecified atom stereocenters. The van der Waals surface area contributed by atoms with Crippen molar-refractivity contribution in [3.05, 3.63) is 68.5 Å². The van der Waals surface area contributed by atoms with E-state index in [4.69, 9.17) is 9.15 Å². The molecule has 0 spiro atoms. The van der Waals surface area contributed by atoms with E-state index >= 15 is 0 Å². The highest BCUT2D eigenvalue weighted by Gasteiger charge is 2.17. The molecule has 0 aliphatic rings. The van der Waals surface area contributed by atoms with Crippen LogP contribution in [0.3, 0.4) is 0 Å². The molecule has 3 aromatic rings. The van der Waals surface area contributed by atoms with E-state index in [0.717, 1.165) is 26.9 Å². The summed E-state index contributed by atoms with van der Waals surface area (Å²) in [6.07, 6.45) is 0. The third-order valence-corrected chi connectivity index (χ3v) is 5.43. The second-order valence-electron chi connectivity index (χ2n) is 7.73. The van der Waals surface area contributed by atoms with Crippen molar-refractivity contribution in [1.29, 1.82) is 0 Å². The predicted octanol–water partition coefficient (Wildman–Crippen LogP) is 5.50. The summed E-state index contributed by atoms with van der Waals surface area (Å²) in [6, 6.07) is 13.5. The monoisotopic (exact) mass is 429 g/mol. The lowest BCUT2D eigenvalue weighted by Crippen LogP contribution is -2.19. The van der Waals surface area contributed by atoms with Crippen molar-refractivity contribution in [2.24, 2.45) is 0 Å². The Morgan fingerprint density at radius 1 is 1.11 bits per heavy atom. The molecule has 142 valence electrons. The van der Waals surface area contributed by atoms with Crippen molar-refractivity contribution in [2.45, 2.75) is 32.7 Å². The molecule has 5 heteroatoms. The summed E-state index contributed by atoms with van der Waals surface area (Å²) < 4.78 is 11.8. The Morgan fingerprint density at radius 2 is 1.85 bits per heavy atom. The van der Waals surface area contributed by atoms with Crippen molar-refractivity contribution in [2.75, 3.05) is 19.1 Å². The Balaban J connectivity index is 2.08. The molecule has 0 atom stereocenters. The van der Waals surface area contributed by atoms with Gasteiger partial charge in [0.15, 0.2) is 0 Å². The van der Waals surface area contributed by atoms with Crippen LogP contribution in [-0.4, -0.2) is 14.2 Å². The van der Waals surface area contributed by atoms with Crippen LogP contribution in [0.1, 0.15) is 31.9 Å². The Morgan fingerprint density at radius 3 is 2.52 bits per heavy atom. The molecule has 0 N–H and O–H groups in total. The lowest BCUT2D eigenvalue weighted by atomic mass is 9.86. The Labute approximate surface area is 167 Å². The van der Waals surface area contributed by atoms with Crippen LogP contribution >= 0.6 is 15.9 Å². The summed E-state index contributed by atoms with van der Waals surface area (Å²) in [5, 5.41) is 0.934. The highest BCUT2D eigenvalue weighted by molar-refractivity contribution is 9.10. The zero-order valence-corrected chi connectivity index (χ0v) is 17.9. The van der Waals surface area contributed by atoms with Crippen LogP contribution in [0.15, 0.2) is 56.1 Å².